The molecule has 4 aliphatic carbocycles. The lowest BCUT2D eigenvalue weighted by atomic mass is 9.48. The van der Waals surface area contributed by atoms with Gasteiger partial charge in [-0.3, -0.25) is 14.9 Å². The number of hydrogen-bond donors (Lipinski definition) is 1. The van der Waals surface area contributed by atoms with Gasteiger partial charge in [-0.25, -0.2) is 9.69 Å². The normalized spacial score (nSPS) is 25.5. The van der Waals surface area contributed by atoms with E-state index in [9.17, 15) is 14.4 Å². The first kappa shape index (κ1) is 30.8. The molecule has 0 unspecified atom stereocenters. The van der Waals surface area contributed by atoms with Crippen LogP contribution in [0.1, 0.15) is 60.8 Å². The van der Waals surface area contributed by atoms with E-state index in [1.165, 1.54) is 50.2 Å². The zero-order chi connectivity index (χ0) is 33.0. The van der Waals surface area contributed by atoms with Gasteiger partial charge < -0.3 is 4.74 Å². The van der Waals surface area contributed by atoms with Crippen LogP contribution in [0.25, 0.3) is 16.8 Å². The number of halogens is 1. The molecule has 1 aliphatic heterocycles. The highest BCUT2D eigenvalue weighted by atomic mass is 79.9. The Bertz CT molecular complexity index is 1970. The molecular formula is C41H37BrN2O4. The molecule has 242 valence electrons. The van der Waals surface area contributed by atoms with Crippen LogP contribution in [0.15, 0.2) is 102 Å². The minimum absolute atomic E-state index is 0.111. The van der Waals surface area contributed by atoms with Crippen LogP contribution in [-0.4, -0.2) is 17.8 Å². The minimum Gasteiger partial charge on any atom is -0.487 e. The summed E-state index contributed by atoms with van der Waals surface area (Å²) < 4.78 is 7.05. The van der Waals surface area contributed by atoms with Crippen molar-refractivity contribution in [2.75, 3.05) is 4.90 Å². The van der Waals surface area contributed by atoms with Crippen molar-refractivity contribution in [3.8, 4) is 5.75 Å². The number of imide groups is 2. The van der Waals surface area contributed by atoms with Crippen LogP contribution in [0.3, 0.4) is 0 Å². The van der Waals surface area contributed by atoms with Crippen LogP contribution < -0.4 is 15.0 Å². The highest BCUT2D eigenvalue weighted by molar-refractivity contribution is 9.10. The standard InChI is InChI=1S/C41H37BrN2O4/c1-2-6-30-18-25(20-36(42)37(30)48-24-31-9-5-8-29-7-3-4-10-34(29)31)19-35-38(45)43-40(47)44(39(35)46)33-13-11-32(12-14-33)41-21-26-15-27(22-41)17-28(16-26)23-41/h2-5,7-14,18-20,26-28H,1,6,15-17,21-24H2,(H,43,45,47)/b35-19+. The summed E-state index contributed by atoms with van der Waals surface area (Å²) in [7, 11) is 0. The third kappa shape index (κ3) is 5.48. The number of anilines is 1. The molecule has 7 heteroatoms. The molecule has 0 radical (unpaired) electrons. The van der Waals surface area contributed by atoms with E-state index in [4.69, 9.17) is 4.74 Å². The van der Waals surface area contributed by atoms with E-state index in [2.05, 4.69) is 64.2 Å². The summed E-state index contributed by atoms with van der Waals surface area (Å²) in [5.74, 6) is 1.76. The lowest BCUT2D eigenvalue weighted by Gasteiger charge is -2.57. The molecule has 9 rings (SSSR count). The van der Waals surface area contributed by atoms with Gasteiger partial charge in [0.1, 0.15) is 17.9 Å². The van der Waals surface area contributed by atoms with Crippen LogP contribution in [-0.2, 0) is 28.0 Å². The van der Waals surface area contributed by atoms with Crippen molar-refractivity contribution in [2.45, 2.75) is 57.0 Å². The average Bonchev–Trinajstić information content (AvgIpc) is 3.06. The monoisotopic (exact) mass is 700 g/mol. The second-order valence-corrected chi connectivity index (χ2v) is 15.0. The number of allylic oxidation sites excluding steroid dienone is 1. The first-order valence-corrected chi connectivity index (χ1v) is 17.6. The quantitative estimate of drug-likeness (QED) is 0.113. The fourth-order valence-electron chi connectivity index (χ4n) is 9.28. The maximum absolute atomic E-state index is 13.8. The predicted octanol–water partition coefficient (Wildman–Crippen LogP) is 9.04. The van der Waals surface area contributed by atoms with E-state index < -0.39 is 17.8 Å². The Balaban J connectivity index is 1.05. The summed E-state index contributed by atoms with van der Waals surface area (Å²) in [4.78, 5) is 41.0. The lowest BCUT2D eigenvalue weighted by Crippen LogP contribution is -2.54. The van der Waals surface area contributed by atoms with Crippen LogP contribution in [0, 0.1) is 17.8 Å². The number of fused-ring (bicyclic) bond motifs is 1. The first-order chi connectivity index (χ1) is 23.3. The number of amides is 4. The Morgan fingerprint density at radius 1 is 0.875 bits per heavy atom. The van der Waals surface area contributed by atoms with E-state index in [0.717, 1.165) is 44.6 Å². The number of barbiturate groups is 1. The number of nitrogens with zero attached hydrogens (tertiary/aromatic N) is 1. The molecule has 5 aliphatic rings. The Morgan fingerprint density at radius 2 is 1.56 bits per heavy atom. The van der Waals surface area contributed by atoms with Gasteiger partial charge in [0, 0.05) is 0 Å². The zero-order valence-electron chi connectivity index (χ0n) is 26.7. The maximum Gasteiger partial charge on any atom is 0.335 e. The van der Waals surface area contributed by atoms with Crippen molar-refractivity contribution in [3.05, 3.63) is 124 Å². The molecule has 0 aromatic heterocycles. The van der Waals surface area contributed by atoms with Crippen molar-refractivity contribution in [2.24, 2.45) is 17.8 Å². The number of ether oxygens (including phenoxy) is 1. The van der Waals surface area contributed by atoms with Crippen LogP contribution in [0.2, 0.25) is 0 Å². The van der Waals surface area contributed by atoms with Gasteiger partial charge >= 0.3 is 6.03 Å². The molecule has 4 saturated carbocycles. The minimum atomic E-state index is -0.740. The van der Waals surface area contributed by atoms with Gasteiger partial charge in [-0.1, -0.05) is 60.7 Å². The number of carbonyl (C=O) groups excluding carboxylic acids is 3. The van der Waals surface area contributed by atoms with Gasteiger partial charge in [0.2, 0.25) is 0 Å². The number of urea groups is 1. The second kappa shape index (κ2) is 12.2. The van der Waals surface area contributed by atoms with Crippen molar-refractivity contribution in [1.29, 1.82) is 0 Å². The van der Waals surface area contributed by atoms with Gasteiger partial charge in [0.15, 0.2) is 0 Å². The SMILES string of the molecule is C=CCc1cc(/C=C2\C(=O)NC(=O)N(c3ccc(C45CC6CC(CC(C6)C4)C5)cc3)C2=O)cc(Br)c1OCc1cccc2ccccc12. The molecule has 0 spiro atoms. The van der Waals surface area contributed by atoms with Crippen molar-refractivity contribution < 1.29 is 19.1 Å². The number of nitrogens with one attached hydrogen (secondary N) is 1. The van der Waals surface area contributed by atoms with E-state index in [0.29, 0.717) is 34.5 Å². The van der Waals surface area contributed by atoms with Gasteiger partial charge in [0.05, 0.1) is 10.2 Å². The molecular weight excluding hydrogens is 664 g/mol. The zero-order valence-corrected chi connectivity index (χ0v) is 28.3. The van der Waals surface area contributed by atoms with E-state index in [1.54, 1.807) is 6.08 Å². The molecule has 1 heterocycles. The van der Waals surface area contributed by atoms with E-state index >= 15 is 0 Å². The lowest BCUT2D eigenvalue weighted by molar-refractivity contribution is -0.122. The first-order valence-electron chi connectivity index (χ1n) is 16.8. The fourth-order valence-corrected chi connectivity index (χ4v) is 9.91. The highest BCUT2D eigenvalue weighted by Gasteiger charge is 2.51. The number of carbonyl (C=O) groups is 3. The Labute approximate surface area is 289 Å². The van der Waals surface area contributed by atoms with Crippen LogP contribution in [0.5, 0.6) is 5.75 Å². The largest absolute Gasteiger partial charge is 0.487 e. The molecule has 4 bridgehead atoms. The molecule has 1 saturated heterocycles. The summed E-state index contributed by atoms with van der Waals surface area (Å²) in [6.45, 7) is 4.28. The van der Waals surface area contributed by atoms with Gasteiger partial charge in [-0.15, -0.1) is 6.58 Å². The third-order valence-corrected chi connectivity index (χ3v) is 11.5. The smallest absolute Gasteiger partial charge is 0.335 e. The van der Waals surface area contributed by atoms with Gasteiger partial charge in [-0.05, 0) is 147 Å². The highest BCUT2D eigenvalue weighted by Crippen LogP contribution is 2.60. The summed E-state index contributed by atoms with van der Waals surface area (Å²) in [5, 5.41) is 4.65. The Kier molecular flexibility index (Phi) is 7.83. The fraction of sp³-hybridized carbons (Fsp3) is 0.293. The number of rotatable bonds is 8. The molecule has 48 heavy (non-hydrogen) atoms. The summed E-state index contributed by atoms with van der Waals surface area (Å²) in [6.07, 6.45) is 11.7. The van der Waals surface area contributed by atoms with E-state index in [-0.39, 0.29) is 11.0 Å². The van der Waals surface area contributed by atoms with Gasteiger partial charge in [-0.2, -0.15) is 0 Å². The molecule has 4 amide bonds. The van der Waals surface area contributed by atoms with Crippen molar-refractivity contribution in [1.82, 2.24) is 5.32 Å². The average molecular weight is 702 g/mol. The molecule has 0 atom stereocenters. The summed E-state index contributed by atoms with van der Waals surface area (Å²) in [6, 6.07) is 25.2. The summed E-state index contributed by atoms with van der Waals surface area (Å²) in [5.41, 5.74) is 4.41. The van der Waals surface area contributed by atoms with Crippen LogP contribution >= 0.6 is 15.9 Å². The van der Waals surface area contributed by atoms with Gasteiger partial charge in [0.25, 0.3) is 11.8 Å². The number of hydrogen-bond acceptors (Lipinski definition) is 4. The third-order valence-electron chi connectivity index (χ3n) is 10.9. The topological polar surface area (TPSA) is 75.7 Å². The summed E-state index contributed by atoms with van der Waals surface area (Å²) >= 11 is 3.67. The molecule has 5 fully saturated rings. The molecule has 1 N–H and O–H groups in total. The van der Waals surface area contributed by atoms with Crippen LogP contribution in [0.4, 0.5) is 10.5 Å². The predicted molar refractivity (Wildman–Crippen MR) is 192 cm³/mol. The van der Waals surface area contributed by atoms with Crippen molar-refractivity contribution in [3.63, 3.8) is 0 Å². The Morgan fingerprint density at radius 3 is 2.27 bits per heavy atom. The Hall–Kier alpha value is -4.49. The van der Waals surface area contributed by atoms with Crippen molar-refractivity contribution >= 4 is 56.3 Å². The molecule has 4 aromatic rings. The molecule has 6 nitrogen and oxygen atoms in total. The second-order valence-electron chi connectivity index (χ2n) is 14.1. The number of benzene rings is 4. The maximum atomic E-state index is 13.8. The molecule has 4 aromatic carbocycles. The van der Waals surface area contributed by atoms with E-state index in [1.807, 2.05) is 42.5 Å².